The Kier molecular flexibility index (Phi) is 14.2. The van der Waals surface area contributed by atoms with Gasteiger partial charge in [0.25, 0.3) is 6.71 Å². The maximum atomic E-state index is 7.11. The van der Waals surface area contributed by atoms with E-state index in [1.54, 1.807) is 0 Å². The molecule has 0 amide bonds. The third-order valence-corrected chi connectivity index (χ3v) is 20.9. The van der Waals surface area contributed by atoms with E-state index in [-0.39, 0.29) is 33.8 Å². The molecule has 14 aromatic rings. The predicted molar refractivity (Wildman–Crippen MR) is 417 cm³/mol. The van der Waals surface area contributed by atoms with Gasteiger partial charge >= 0.3 is 0 Å². The summed E-state index contributed by atoms with van der Waals surface area (Å²) in [5, 5.41) is 4.73. The highest BCUT2D eigenvalue weighted by Crippen LogP contribution is 2.56. The lowest BCUT2D eigenvalue weighted by atomic mass is 9.33. The lowest BCUT2D eigenvalue weighted by molar-refractivity contribution is 0.590. The molecule has 97 heavy (non-hydrogen) atoms. The van der Waals surface area contributed by atoms with Gasteiger partial charge in [-0.3, -0.25) is 0 Å². The molecule has 0 fully saturated rings. The first-order valence-electron chi connectivity index (χ1n) is 34.8. The van der Waals surface area contributed by atoms with Crippen molar-refractivity contribution in [3.05, 3.63) is 277 Å². The summed E-state index contributed by atoms with van der Waals surface area (Å²) in [5.41, 5.74) is 30.5. The van der Waals surface area contributed by atoms with E-state index in [4.69, 9.17) is 4.42 Å². The Morgan fingerprint density at radius 3 is 1.09 bits per heavy atom. The van der Waals surface area contributed by atoms with Gasteiger partial charge in [0.2, 0.25) is 0 Å². The molecule has 0 N–H and O–H groups in total. The number of nitrogens with zero attached hydrogens (tertiary/aromatic N) is 3. The Bertz CT molecular complexity index is 5270. The average molecular weight is 1260 g/mol. The maximum Gasteiger partial charge on any atom is 0.253 e. The van der Waals surface area contributed by atoms with Crippen molar-refractivity contribution >= 4 is 101 Å². The second-order valence-electron chi connectivity index (χ2n) is 32.6. The van der Waals surface area contributed by atoms with Crippen LogP contribution in [0.5, 0.6) is 0 Å². The second kappa shape index (κ2) is 22.2. The zero-order chi connectivity index (χ0) is 67.4. The van der Waals surface area contributed by atoms with Gasteiger partial charge in [0, 0.05) is 66.5 Å². The van der Waals surface area contributed by atoms with Gasteiger partial charge in [0.05, 0.1) is 28.1 Å². The molecule has 4 heterocycles. The van der Waals surface area contributed by atoms with Crippen LogP contribution in [0.4, 0.5) is 34.1 Å². The summed E-state index contributed by atoms with van der Waals surface area (Å²) in [6, 6.07) is 95.3. The summed E-state index contributed by atoms with van der Waals surface area (Å²) >= 11 is 0. The molecule has 0 aliphatic carbocycles. The molecular formula is C92H86BN3O. The molecule has 2 aliphatic rings. The molecule has 0 bridgehead atoms. The Hall–Kier alpha value is -10.1. The van der Waals surface area contributed by atoms with E-state index in [9.17, 15) is 0 Å². The van der Waals surface area contributed by atoms with E-state index < -0.39 is 0 Å². The van der Waals surface area contributed by atoms with Crippen molar-refractivity contribution in [1.29, 1.82) is 0 Å². The first kappa shape index (κ1) is 61.8. The SMILES string of the molecule is CC(C)(C)c1cc(-c2ccccc2)c(N2c3cc(C(C)(C)C)ccc3B3c4c2cc(-n2c5ccc(C(C)(C)C)cc5c5cc(C(C)(C)C)ccc52)cc4N(c2c(-c4ccccc4)cc(C(C)(C)C)cc2-c2ccccc2)c2ccc4oc5ccccc5c4c23)c(-c2ccccc2)c1. The van der Waals surface area contributed by atoms with E-state index in [0.717, 1.165) is 95.1 Å². The minimum absolute atomic E-state index is 0.0837. The van der Waals surface area contributed by atoms with Crippen molar-refractivity contribution in [3.8, 4) is 50.2 Å². The zero-order valence-corrected chi connectivity index (χ0v) is 59.0. The number of furan rings is 1. The average Bonchev–Trinajstić information content (AvgIpc) is 1.45. The number of fused-ring (bicyclic) bond motifs is 11. The summed E-state index contributed by atoms with van der Waals surface area (Å²) in [5.74, 6) is 0. The molecule has 2 aromatic heterocycles. The summed E-state index contributed by atoms with van der Waals surface area (Å²) < 4.78 is 9.72. The maximum absolute atomic E-state index is 7.11. The number of aromatic nitrogens is 1. The van der Waals surface area contributed by atoms with Crippen LogP contribution >= 0.6 is 0 Å². The molecule has 12 aromatic carbocycles. The van der Waals surface area contributed by atoms with Gasteiger partial charge in [-0.2, -0.15) is 0 Å². The third kappa shape index (κ3) is 10.2. The minimum Gasteiger partial charge on any atom is -0.456 e. The Morgan fingerprint density at radius 1 is 0.289 bits per heavy atom. The Labute approximate surface area is 574 Å². The van der Waals surface area contributed by atoms with Crippen LogP contribution in [0.25, 0.3) is 93.9 Å². The van der Waals surface area contributed by atoms with Gasteiger partial charge in [0.1, 0.15) is 11.2 Å². The van der Waals surface area contributed by atoms with Crippen LogP contribution in [0.1, 0.15) is 132 Å². The van der Waals surface area contributed by atoms with Crippen molar-refractivity contribution in [2.24, 2.45) is 0 Å². The monoisotopic (exact) mass is 1260 g/mol. The van der Waals surface area contributed by atoms with Crippen LogP contribution in [-0.2, 0) is 27.1 Å². The smallest absolute Gasteiger partial charge is 0.253 e. The molecule has 0 saturated heterocycles. The van der Waals surface area contributed by atoms with Crippen LogP contribution in [-0.4, -0.2) is 11.3 Å². The van der Waals surface area contributed by atoms with E-state index in [2.05, 4.69) is 367 Å². The first-order chi connectivity index (χ1) is 46.3. The molecule has 0 radical (unpaired) electrons. The lowest BCUT2D eigenvalue weighted by Gasteiger charge is -2.46. The predicted octanol–water partition coefficient (Wildman–Crippen LogP) is 23.9. The molecule has 5 heteroatoms. The normalized spacial score (nSPS) is 13.5. The van der Waals surface area contributed by atoms with E-state index >= 15 is 0 Å². The molecule has 2 aliphatic heterocycles. The molecule has 16 rings (SSSR count). The topological polar surface area (TPSA) is 24.6 Å². The summed E-state index contributed by atoms with van der Waals surface area (Å²) in [7, 11) is 0. The van der Waals surface area contributed by atoms with Gasteiger partial charge < -0.3 is 18.8 Å². The second-order valence-corrected chi connectivity index (χ2v) is 32.6. The largest absolute Gasteiger partial charge is 0.456 e. The fourth-order valence-corrected chi connectivity index (χ4v) is 15.6. The van der Waals surface area contributed by atoms with Crippen LogP contribution in [0, 0.1) is 0 Å². The van der Waals surface area contributed by atoms with Gasteiger partial charge in [-0.1, -0.05) is 268 Å². The summed E-state index contributed by atoms with van der Waals surface area (Å²) in [4.78, 5) is 5.45. The highest BCUT2D eigenvalue weighted by molar-refractivity contribution is 7.02. The Balaban J connectivity index is 1.17. The minimum atomic E-state index is -0.277. The quantitative estimate of drug-likeness (QED) is 0.149. The fraction of sp³-hybridized carbons (Fsp3) is 0.217. The number of benzene rings is 12. The van der Waals surface area contributed by atoms with Gasteiger partial charge in [-0.05, 0) is 178 Å². The summed E-state index contributed by atoms with van der Waals surface area (Å²) in [6.45, 7) is 35.0. The molecule has 0 spiro atoms. The third-order valence-electron chi connectivity index (χ3n) is 20.9. The fourth-order valence-electron chi connectivity index (χ4n) is 15.6. The first-order valence-corrected chi connectivity index (χ1v) is 34.8. The molecule has 0 unspecified atom stereocenters. The number of anilines is 6. The Morgan fingerprint density at radius 2 is 0.670 bits per heavy atom. The standard InChI is InChI=1S/C92H86BN3O/c1-88(2,3)61-41-44-75-72(48-61)73-49-62(89(4,5)6)42-45-76(73)94(75)66-55-79-84-80(56-66)96(87-70(59-34-24-18-25-35-59)52-65(92(13,14)15)53-71(87)60-36-26-19-27-37-60)78-54-63(90(7,8)9)40-43-74(78)93(84)85-77(46-47-82-83(85)67-38-28-29-39-81(67)97-82)95(79)86-68(57-30-20-16-21-31-57)50-64(91(10,11)12)51-69(86)58-32-22-17-23-33-58/h16-56H,1-15H3. The highest BCUT2D eigenvalue weighted by atomic mass is 16.3. The highest BCUT2D eigenvalue weighted by Gasteiger charge is 2.48. The van der Waals surface area contributed by atoms with Crippen molar-refractivity contribution in [3.63, 3.8) is 0 Å². The van der Waals surface area contributed by atoms with Gasteiger partial charge in [-0.25, -0.2) is 0 Å². The van der Waals surface area contributed by atoms with Crippen LogP contribution < -0.4 is 26.2 Å². The van der Waals surface area contributed by atoms with Crippen molar-refractivity contribution < 1.29 is 4.42 Å². The molecule has 0 saturated carbocycles. The number of hydrogen-bond acceptors (Lipinski definition) is 3. The molecular weight excluding hydrogens is 1170 g/mol. The van der Waals surface area contributed by atoms with E-state index in [1.807, 2.05) is 0 Å². The van der Waals surface area contributed by atoms with Gasteiger partial charge in [0.15, 0.2) is 0 Å². The molecule has 478 valence electrons. The number of para-hydroxylation sites is 1. The van der Waals surface area contributed by atoms with Crippen molar-refractivity contribution in [2.75, 3.05) is 9.80 Å². The molecule has 0 atom stereocenters. The number of rotatable bonds is 7. The van der Waals surface area contributed by atoms with Crippen LogP contribution in [0.2, 0.25) is 0 Å². The van der Waals surface area contributed by atoms with E-state index in [1.165, 1.54) is 77.1 Å². The van der Waals surface area contributed by atoms with Crippen molar-refractivity contribution in [2.45, 2.75) is 131 Å². The zero-order valence-electron chi connectivity index (χ0n) is 59.0. The summed E-state index contributed by atoms with van der Waals surface area (Å²) in [6.07, 6.45) is 0. The van der Waals surface area contributed by atoms with E-state index in [0.29, 0.717) is 0 Å². The number of hydrogen-bond donors (Lipinski definition) is 0. The van der Waals surface area contributed by atoms with Crippen molar-refractivity contribution in [1.82, 2.24) is 4.57 Å². The van der Waals surface area contributed by atoms with Crippen LogP contribution in [0.3, 0.4) is 0 Å². The van der Waals surface area contributed by atoms with Crippen LogP contribution in [0.15, 0.2) is 253 Å². The lowest BCUT2D eigenvalue weighted by Crippen LogP contribution is -2.61. The van der Waals surface area contributed by atoms with Gasteiger partial charge in [-0.15, -0.1) is 0 Å². The molecule has 4 nitrogen and oxygen atoms in total.